The first-order chi connectivity index (χ1) is 16.1. The third kappa shape index (κ3) is 6.56. The van der Waals surface area contributed by atoms with E-state index >= 15 is 0 Å². The molecule has 1 aromatic heterocycles. The Morgan fingerprint density at radius 3 is 2.64 bits per heavy atom. The lowest BCUT2D eigenvalue weighted by molar-refractivity contribution is 0.0951. The van der Waals surface area contributed by atoms with Crippen molar-refractivity contribution in [1.29, 1.82) is 0 Å². The fourth-order valence-corrected chi connectivity index (χ4v) is 5.37. The molecule has 0 unspecified atom stereocenters. The number of carbonyl (C=O) groups is 2. The lowest BCUT2D eigenvalue weighted by Gasteiger charge is -2.37. The van der Waals surface area contributed by atoms with E-state index in [1.165, 1.54) is 25.9 Å². The summed E-state index contributed by atoms with van der Waals surface area (Å²) in [6.45, 7) is 9.72. The van der Waals surface area contributed by atoms with Gasteiger partial charge in [-0.3, -0.25) is 9.69 Å². The second kappa shape index (κ2) is 11.6. The maximum absolute atomic E-state index is 12.9. The van der Waals surface area contributed by atoms with Crippen LogP contribution < -0.4 is 10.6 Å². The zero-order chi connectivity index (χ0) is 23.0. The maximum atomic E-state index is 12.9. The number of urea groups is 1. The van der Waals surface area contributed by atoms with Gasteiger partial charge in [-0.1, -0.05) is 19.1 Å². The molecule has 1 aromatic carbocycles. The molecular formula is C25H35N5O2S. The van der Waals surface area contributed by atoms with Gasteiger partial charge < -0.3 is 20.4 Å². The minimum absolute atomic E-state index is 0.0891. The van der Waals surface area contributed by atoms with Gasteiger partial charge in [0.25, 0.3) is 5.91 Å². The van der Waals surface area contributed by atoms with Crippen LogP contribution in [0.5, 0.6) is 0 Å². The van der Waals surface area contributed by atoms with Crippen molar-refractivity contribution < 1.29 is 9.59 Å². The molecule has 0 spiro atoms. The van der Waals surface area contributed by atoms with Gasteiger partial charge in [-0.2, -0.15) is 0 Å². The average Bonchev–Trinajstić information content (AvgIpc) is 3.25. The Bertz CT molecular complexity index is 911. The van der Waals surface area contributed by atoms with E-state index < -0.39 is 0 Å². The number of carbonyl (C=O) groups excluding carboxylic acids is 2. The van der Waals surface area contributed by atoms with Crippen molar-refractivity contribution in [3.8, 4) is 0 Å². The van der Waals surface area contributed by atoms with Gasteiger partial charge in [0.15, 0.2) is 0 Å². The molecule has 0 atom stereocenters. The van der Waals surface area contributed by atoms with E-state index in [4.69, 9.17) is 0 Å². The monoisotopic (exact) mass is 469 g/mol. The molecule has 2 fully saturated rings. The summed E-state index contributed by atoms with van der Waals surface area (Å²) < 4.78 is 0. The van der Waals surface area contributed by atoms with E-state index in [2.05, 4.69) is 27.4 Å². The van der Waals surface area contributed by atoms with Crippen molar-refractivity contribution in [3.05, 3.63) is 52.2 Å². The van der Waals surface area contributed by atoms with Gasteiger partial charge in [-0.15, -0.1) is 11.3 Å². The number of hydrogen-bond donors (Lipinski definition) is 2. The maximum Gasteiger partial charge on any atom is 0.321 e. The highest BCUT2D eigenvalue weighted by Gasteiger charge is 2.27. The summed E-state index contributed by atoms with van der Waals surface area (Å²) in [7, 11) is 0. The summed E-state index contributed by atoms with van der Waals surface area (Å²) in [6, 6.07) is 11.7. The summed E-state index contributed by atoms with van der Waals surface area (Å²) in [5.41, 5.74) is 1.20. The molecule has 2 N–H and O–H groups in total. The topological polar surface area (TPSA) is 67.9 Å². The molecule has 0 aliphatic carbocycles. The van der Waals surface area contributed by atoms with Crippen LogP contribution in [0, 0.1) is 0 Å². The highest BCUT2D eigenvalue weighted by Crippen LogP contribution is 2.19. The zero-order valence-electron chi connectivity index (χ0n) is 19.5. The third-order valence-corrected chi connectivity index (χ3v) is 7.59. The minimum Gasteiger partial charge on any atom is -0.347 e. The summed E-state index contributed by atoms with van der Waals surface area (Å²) >= 11 is 1.62. The fourth-order valence-electron chi connectivity index (χ4n) is 4.73. The largest absolute Gasteiger partial charge is 0.347 e. The Morgan fingerprint density at radius 2 is 1.88 bits per heavy atom. The first-order valence-electron chi connectivity index (χ1n) is 12.1. The van der Waals surface area contributed by atoms with E-state index in [-0.39, 0.29) is 11.9 Å². The van der Waals surface area contributed by atoms with Crippen molar-refractivity contribution in [3.63, 3.8) is 0 Å². The van der Waals surface area contributed by atoms with Crippen molar-refractivity contribution >= 4 is 29.0 Å². The van der Waals surface area contributed by atoms with Gasteiger partial charge in [0.05, 0.1) is 6.54 Å². The van der Waals surface area contributed by atoms with Crippen LogP contribution in [-0.2, 0) is 6.54 Å². The van der Waals surface area contributed by atoms with Crippen LogP contribution in [0.1, 0.15) is 41.4 Å². The van der Waals surface area contributed by atoms with Gasteiger partial charge in [-0.25, -0.2) is 4.79 Å². The number of anilines is 1. The average molecular weight is 470 g/mol. The number of rotatable bonds is 6. The van der Waals surface area contributed by atoms with Gasteiger partial charge in [0, 0.05) is 48.3 Å². The van der Waals surface area contributed by atoms with Crippen molar-refractivity contribution in [2.45, 2.75) is 38.8 Å². The molecule has 178 valence electrons. The van der Waals surface area contributed by atoms with Crippen LogP contribution in [0.3, 0.4) is 0 Å². The molecule has 2 saturated heterocycles. The smallest absolute Gasteiger partial charge is 0.321 e. The summed E-state index contributed by atoms with van der Waals surface area (Å²) in [5.74, 6) is -0.140. The Labute approximate surface area is 200 Å². The van der Waals surface area contributed by atoms with Crippen LogP contribution in [0.25, 0.3) is 0 Å². The van der Waals surface area contributed by atoms with Crippen LogP contribution >= 0.6 is 11.3 Å². The minimum atomic E-state index is -0.140. The van der Waals surface area contributed by atoms with E-state index in [0.29, 0.717) is 23.8 Å². The predicted octanol–water partition coefficient (Wildman–Crippen LogP) is 3.70. The van der Waals surface area contributed by atoms with E-state index in [0.717, 1.165) is 44.0 Å². The Kier molecular flexibility index (Phi) is 8.36. The molecule has 0 bridgehead atoms. The molecule has 2 aromatic rings. The third-order valence-electron chi connectivity index (χ3n) is 6.72. The number of benzene rings is 1. The summed E-state index contributed by atoms with van der Waals surface area (Å²) in [5, 5.41) is 7.93. The molecular weight excluding hydrogens is 434 g/mol. The SMILES string of the molecule is CCN1CCC(N2CCCN(C(=O)Nc3cccc(C(=O)NCc4cccs4)c3)CC2)CC1. The molecule has 2 aliphatic heterocycles. The van der Waals surface area contributed by atoms with Gasteiger partial charge in [0.1, 0.15) is 0 Å². The first kappa shape index (κ1) is 23.7. The normalized spacial score (nSPS) is 18.6. The highest BCUT2D eigenvalue weighted by atomic mass is 32.1. The Hall–Kier alpha value is -2.42. The zero-order valence-corrected chi connectivity index (χ0v) is 20.3. The number of nitrogens with zero attached hydrogens (tertiary/aromatic N) is 3. The standard InChI is InChI=1S/C25H35N5O2S/c1-2-28-13-9-22(10-14-28)29-11-5-12-30(16-15-29)25(32)27-21-7-3-6-20(18-21)24(31)26-19-23-8-4-17-33-23/h3-4,6-8,17-18,22H,2,5,9-16,19H2,1H3,(H,26,31)(H,27,32). The lowest BCUT2D eigenvalue weighted by Crippen LogP contribution is -2.46. The van der Waals surface area contributed by atoms with Crippen molar-refractivity contribution in [2.24, 2.45) is 0 Å². The molecule has 0 saturated carbocycles. The van der Waals surface area contributed by atoms with Gasteiger partial charge in [-0.05, 0) is 68.5 Å². The Morgan fingerprint density at radius 1 is 1.03 bits per heavy atom. The number of nitrogens with one attached hydrogen (secondary N) is 2. The molecule has 33 heavy (non-hydrogen) atoms. The van der Waals surface area contributed by atoms with Crippen molar-refractivity contribution in [1.82, 2.24) is 20.0 Å². The lowest BCUT2D eigenvalue weighted by atomic mass is 10.0. The summed E-state index contributed by atoms with van der Waals surface area (Å²) in [6.07, 6.45) is 3.44. The number of likely N-dealkylation sites (tertiary alicyclic amines) is 1. The van der Waals surface area contributed by atoms with Crippen LogP contribution in [0.4, 0.5) is 10.5 Å². The molecule has 3 heterocycles. The second-order valence-corrected chi connectivity index (χ2v) is 9.85. The fraction of sp³-hybridized carbons (Fsp3) is 0.520. The molecule has 7 nitrogen and oxygen atoms in total. The first-order valence-corrected chi connectivity index (χ1v) is 12.9. The molecule has 4 rings (SSSR count). The molecule has 8 heteroatoms. The van der Waals surface area contributed by atoms with Crippen molar-refractivity contribution in [2.75, 3.05) is 51.1 Å². The molecule has 0 radical (unpaired) electrons. The molecule has 2 aliphatic rings. The quantitative estimate of drug-likeness (QED) is 0.677. The second-order valence-electron chi connectivity index (χ2n) is 8.82. The number of amides is 3. The highest BCUT2D eigenvalue weighted by molar-refractivity contribution is 7.09. The van der Waals surface area contributed by atoms with Gasteiger partial charge in [0.2, 0.25) is 0 Å². The van der Waals surface area contributed by atoms with E-state index in [1.54, 1.807) is 23.5 Å². The molecule has 3 amide bonds. The van der Waals surface area contributed by atoms with Crippen LogP contribution in [0.2, 0.25) is 0 Å². The van der Waals surface area contributed by atoms with E-state index in [9.17, 15) is 9.59 Å². The van der Waals surface area contributed by atoms with Crippen LogP contribution in [-0.4, -0.2) is 78.5 Å². The number of hydrogen-bond acceptors (Lipinski definition) is 5. The Balaban J connectivity index is 1.27. The van der Waals surface area contributed by atoms with Crippen LogP contribution in [0.15, 0.2) is 41.8 Å². The van der Waals surface area contributed by atoms with Gasteiger partial charge >= 0.3 is 6.03 Å². The number of piperidine rings is 1. The summed E-state index contributed by atoms with van der Waals surface area (Å²) in [4.78, 5) is 33.6. The predicted molar refractivity (Wildman–Crippen MR) is 134 cm³/mol. The van der Waals surface area contributed by atoms with E-state index in [1.807, 2.05) is 34.5 Å². The number of thiophene rings is 1.